The fourth-order valence-corrected chi connectivity index (χ4v) is 1.43. The maximum absolute atomic E-state index is 5.80. The minimum atomic E-state index is 0.793. The van der Waals surface area contributed by atoms with Gasteiger partial charge in [-0.05, 0) is 36.3 Å². The Hall–Kier alpha value is -1.44. The molecule has 0 atom stereocenters. The summed E-state index contributed by atoms with van der Waals surface area (Å²) in [6.07, 6.45) is 5.91. The summed E-state index contributed by atoms with van der Waals surface area (Å²) in [6, 6.07) is 0. The number of nitrogens with two attached hydrogens (primary N) is 2. The number of allylic oxidation sites excluding steroid dienone is 6. The van der Waals surface area contributed by atoms with E-state index in [2.05, 4.69) is 6.08 Å². The summed E-state index contributed by atoms with van der Waals surface area (Å²) in [6.45, 7) is 2.01. The summed E-state index contributed by atoms with van der Waals surface area (Å²) < 4.78 is 0. The van der Waals surface area contributed by atoms with E-state index in [1.807, 2.05) is 19.1 Å². The maximum atomic E-state index is 5.80. The third-order valence-corrected chi connectivity index (χ3v) is 2.03. The van der Waals surface area contributed by atoms with E-state index in [0.29, 0.717) is 0 Å². The molecular formula is C9H10N2. The van der Waals surface area contributed by atoms with E-state index in [9.17, 15) is 0 Å². The zero-order valence-corrected chi connectivity index (χ0v) is 6.39. The first-order valence-electron chi connectivity index (χ1n) is 3.56. The smallest absolute Gasteiger partial charge is 0.0424 e. The second-order valence-electron chi connectivity index (χ2n) is 2.90. The molecule has 0 unspecified atom stereocenters. The summed E-state index contributed by atoms with van der Waals surface area (Å²) in [4.78, 5) is 0. The Morgan fingerprint density at radius 2 is 1.82 bits per heavy atom. The van der Waals surface area contributed by atoms with Gasteiger partial charge in [-0.25, -0.2) is 0 Å². The van der Waals surface area contributed by atoms with Gasteiger partial charge in [0.05, 0.1) is 0 Å². The normalized spacial score (nSPS) is 21.4. The molecule has 0 bridgehead atoms. The Labute approximate surface area is 65.6 Å². The molecule has 0 fully saturated rings. The molecule has 2 nitrogen and oxygen atoms in total. The lowest BCUT2D eigenvalue weighted by molar-refractivity contribution is 1.30. The fourth-order valence-electron chi connectivity index (χ4n) is 1.43. The van der Waals surface area contributed by atoms with Gasteiger partial charge in [-0.1, -0.05) is 0 Å². The van der Waals surface area contributed by atoms with Crippen LogP contribution in [0.3, 0.4) is 0 Å². The lowest BCUT2D eigenvalue weighted by Crippen LogP contribution is -1.98. The van der Waals surface area contributed by atoms with Gasteiger partial charge in [0.15, 0.2) is 0 Å². The van der Waals surface area contributed by atoms with Crippen LogP contribution in [-0.4, -0.2) is 0 Å². The van der Waals surface area contributed by atoms with Gasteiger partial charge in [0.25, 0.3) is 0 Å². The van der Waals surface area contributed by atoms with Gasteiger partial charge in [-0.15, -0.1) is 0 Å². The Balaban J connectivity index is 2.58. The van der Waals surface area contributed by atoms with Crippen LogP contribution in [0.25, 0.3) is 0 Å². The molecule has 0 aromatic rings. The van der Waals surface area contributed by atoms with Crippen LogP contribution in [0, 0.1) is 0 Å². The molecule has 0 aromatic carbocycles. The molecule has 2 rings (SSSR count). The average Bonchev–Trinajstić information content (AvgIpc) is 2.37. The molecule has 0 radical (unpaired) electrons. The standard InChI is InChI=1S/C9H10N2/c1-5-2-6-3-7(10)4-8(6)9(5)11/h2-4H,10-11H2,1H3. The van der Waals surface area contributed by atoms with Gasteiger partial charge in [0.2, 0.25) is 0 Å². The summed E-state index contributed by atoms with van der Waals surface area (Å²) in [5.74, 6) is 0. The second-order valence-corrected chi connectivity index (χ2v) is 2.90. The molecule has 0 saturated heterocycles. The minimum Gasteiger partial charge on any atom is -0.399 e. The van der Waals surface area contributed by atoms with E-state index in [-0.39, 0.29) is 0 Å². The Morgan fingerprint density at radius 3 is 2.45 bits per heavy atom. The predicted molar refractivity (Wildman–Crippen MR) is 45.3 cm³/mol. The predicted octanol–water partition coefficient (Wildman–Crippen LogP) is 0.942. The van der Waals surface area contributed by atoms with Crippen molar-refractivity contribution in [3.8, 4) is 0 Å². The molecule has 0 saturated carbocycles. The van der Waals surface area contributed by atoms with Crippen molar-refractivity contribution in [1.29, 1.82) is 0 Å². The summed E-state index contributed by atoms with van der Waals surface area (Å²) >= 11 is 0. The van der Waals surface area contributed by atoms with Crippen LogP contribution < -0.4 is 11.5 Å². The van der Waals surface area contributed by atoms with Gasteiger partial charge < -0.3 is 11.5 Å². The van der Waals surface area contributed by atoms with Crippen molar-refractivity contribution in [1.82, 2.24) is 0 Å². The molecule has 11 heavy (non-hydrogen) atoms. The van der Waals surface area contributed by atoms with E-state index in [1.165, 1.54) is 0 Å². The van der Waals surface area contributed by atoms with E-state index in [0.717, 1.165) is 28.1 Å². The van der Waals surface area contributed by atoms with Crippen molar-refractivity contribution in [2.75, 3.05) is 0 Å². The molecule has 0 aliphatic heterocycles. The highest BCUT2D eigenvalue weighted by molar-refractivity contribution is 5.66. The van der Waals surface area contributed by atoms with Crippen LogP contribution in [0.15, 0.2) is 46.3 Å². The SMILES string of the molecule is CC1=CC2=CC(N)=CC2=C1N. The molecule has 0 aromatic heterocycles. The quantitative estimate of drug-likeness (QED) is 0.534. The van der Waals surface area contributed by atoms with Gasteiger partial charge in [0.1, 0.15) is 0 Å². The second kappa shape index (κ2) is 1.78. The highest BCUT2D eigenvalue weighted by atomic mass is 14.6. The number of hydrogen-bond acceptors (Lipinski definition) is 2. The molecule has 0 spiro atoms. The number of hydrogen-bond donors (Lipinski definition) is 2. The molecular weight excluding hydrogens is 136 g/mol. The Morgan fingerprint density at radius 1 is 1.09 bits per heavy atom. The highest BCUT2D eigenvalue weighted by Crippen LogP contribution is 2.32. The van der Waals surface area contributed by atoms with Gasteiger partial charge >= 0.3 is 0 Å². The Bertz CT molecular complexity index is 341. The fraction of sp³-hybridized carbons (Fsp3) is 0.111. The van der Waals surface area contributed by atoms with E-state index >= 15 is 0 Å². The lowest BCUT2D eigenvalue weighted by atomic mass is 10.2. The zero-order valence-electron chi connectivity index (χ0n) is 6.39. The van der Waals surface area contributed by atoms with Crippen molar-refractivity contribution >= 4 is 0 Å². The first-order chi connectivity index (χ1) is 5.18. The van der Waals surface area contributed by atoms with E-state index < -0.39 is 0 Å². The minimum absolute atomic E-state index is 0.793. The number of fused-ring (bicyclic) bond motifs is 1. The largest absolute Gasteiger partial charge is 0.399 e. The van der Waals surface area contributed by atoms with Crippen molar-refractivity contribution in [3.63, 3.8) is 0 Å². The van der Waals surface area contributed by atoms with Crippen molar-refractivity contribution in [3.05, 3.63) is 46.3 Å². The monoisotopic (exact) mass is 146 g/mol. The van der Waals surface area contributed by atoms with E-state index in [1.54, 1.807) is 0 Å². The van der Waals surface area contributed by atoms with Crippen LogP contribution in [0.4, 0.5) is 0 Å². The zero-order chi connectivity index (χ0) is 8.01. The van der Waals surface area contributed by atoms with Gasteiger partial charge in [-0.2, -0.15) is 0 Å². The average molecular weight is 146 g/mol. The van der Waals surface area contributed by atoms with Crippen LogP contribution in [0.1, 0.15) is 6.92 Å². The Kier molecular flexibility index (Phi) is 1.02. The van der Waals surface area contributed by atoms with Crippen molar-refractivity contribution < 1.29 is 0 Å². The van der Waals surface area contributed by atoms with Crippen LogP contribution in [-0.2, 0) is 0 Å². The third-order valence-electron chi connectivity index (χ3n) is 2.03. The molecule has 2 aliphatic rings. The van der Waals surface area contributed by atoms with Crippen molar-refractivity contribution in [2.45, 2.75) is 6.92 Å². The van der Waals surface area contributed by atoms with E-state index in [4.69, 9.17) is 11.5 Å². The van der Waals surface area contributed by atoms with Crippen LogP contribution >= 0.6 is 0 Å². The van der Waals surface area contributed by atoms with Gasteiger partial charge in [0, 0.05) is 17.0 Å². The molecule has 56 valence electrons. The first kappa shape index (κ1) is 6.28. The van der Waals surface area contributed by atoms with Gasteiger partial charge in [-0.3, -0.25) is 0 Å². The third kappa shape index (κ3) is 0.724. The van der Waals surface area contributed by atoms with Crippen LogP contribution in [0.5, 0.6) is 0 Å². The van der Waals surface area contributed by atoms with Crippen LogP contribution in [0.2, 0.25) is 0 Å². The molecule has 2 heteroatoms. The molecule has 0 heterocycles. The topological polar surface area (TPSA) is 52.0 Å². The van der Waals surface area contributed by atoms with Crippen molar-refractivity contribution in [2.24, 2.45) is 11.5 Å². The summed E-state index contributed by atoms with van der Waals surface area (Å²) in [7, 11) is 0. The summed E-state index contributed by atoms with van der Waals surface area (Å²) in [5.41, 5.74) is 16.4. The molecule has 0 amide bonds. The molecule has 4 N–H and O–H groups in total. The highest BCUT2D eigenvalue weighted by Gasteiger charge is 2.18. The maximum Gasteiger partial charge on any atom is 0.0424 e. The summed E-state index contributed by atoms with van der Waals surface area (Å²) in [5, 5.41) is 0. The molecule has 2 aliphatic carbocycles. The lowest BCUT2D eigenvalue weighted by Gasteiger charge is -1.95. The first-order valence-corrected chi connectivity index (χ1v) is 3.56. The number of rotatable bonds is 0.